The minimum atomic E-state index is -0.863. The molecule has 2 atom stereocenters. The van der Waals surface area contributed by atoms with Gasteiger partial charge in [-0.25, -0.2) is 0 Å². The van der Waals surface area contributed by atoms with Gasteiger partial charge >= 0.3 is 5.97 Å². The van der Waals surface area contributed by atoms with Crippen molar-refractivity contribution < 1.29 is 19.1 Å². The van der Waals surface area contributed by atoms with E-state index in [1.807, 2.05) is 66.7 Å². The van der Waals surface area contributed by atoms with Gasteiger partial charge in [0.25, 0.3) is 5.91 Å². The second kappa shape index (κ2) is 9.24. The summed E-state index contributed by atoms with van der Waals surface area (Å²) in [6.07, 6.45) is -0.863. The number of esters is 1. The monoisotopic (exact) mass is 391 g/mol. The van der Waals surface area contributed by atoms with Gasteiger partial charge in [-0.15, -0.1) is 0 Å². The summed E-state index contributed by atoms with van der Waals surface area (Å²) in [6, 6.07) is 21.2. The lowest BCUT2D eigenvalue weighted by atomic mass is 9.98. The van der Waals surface area contributed by atoms with Gasteiger partial charge in [-0.3, -0.25) is 9.59 Å². The van der Waals surface area contributed by atoms with E-state index in [1.54, 1.807) is 21.0 Å². The molecule has 0 aliphatic heterocycles. The minimum Gasteiger partial charge on any atom is -0.497 e. The maximum absolute atomic E-state index is 12.5. The molecule has 5 heteroatoms. The highest BCUT2D eigenvalue weighted by molar-refractivity contribution is 5.88. The van der Waals surface area contributed by atoms with Crippen LogP contribution in [0.5, 0.6) is 5.75 Å². The highest BCUT2D eigenvalue weighted by atomic mass is 16.5. The maximum Gasteiger partial charge on any atom is 0.313 e. The SMILES string of the molecule is COc1ccc2cc([C@H](C)C(=O)O[C@@H](C)C(=O)NCc3ccccc3)ccc2c1. The molecule has 0 fully saturated rings. The van der Waals surface area contributed by atoms with Crippen molar-refractivity contribution in [1.29, 1.82) is 0 Å². The first-order valence-electron chi connectivity index (χ1n) is 9.58. The fraction of sp³-hybridized carbons (Fsp3) is 0.250. The van der Waals surface area contributed by atoms with Gasteiger partial charge in [0.05, 0.1) is 13.0 Å². The van der Waals surface area contributed by atoms with E-state index < -0.39 is 18.0 Å². The maximum atomic E-state index is 12.5. The molecule has 29 heavy (non-hydrogen) atoms. The van der Waals surface area contributed by atoms with Gasteiger partial charge < -0.3 is 14.8 Å². The number of amides is 1. The molecule has 1 amide bonds. The third-order valence-corrected chi connectivity index (χ3v) is 4.90. The van der Waals surface area contributed by atoms with Crippen LogP contribution in [0.25, 0.3) is 10.8 Å². The van der Waals surface area contributed by atoms with Crippen LogP contribution in [-0.2, 0) is 20.9 Å². The Balaban J connectivity index is 1.60. The number of carbonyl (C=O) groups is 2. The van der Waals surface area contributed by atoms with Crippen molar-refractivity contribution in [3.05, 3.63) is 77.9 Å². The molecule has 5 nitrogen and oxygen atoms in total. The standard InChI is InChI=1S/C24H25NO4/c1-16(19-9-10-21-14-22(28-3)12-11-20(21)13-19)24(27)29-17(2)23(26)25-15-18-7-5-4-6-8-18/h4-14,16-17H,15H2,1-3H3,(H,25,26)/t16-,17-/m0/s1. The number of benzene rings is 3. The summed E-state index contributed by atoms with van der Waals surface area (Å²) in [7, 11) is 1.63. The first-order chi connectivity index (χ1) is 14.0. The Morgan fingerprint density at radius 1 is 0.931 bits per heavy atom. The number of hydrogen-bond acceptors (Lipinski definition) is 4. The number of fused-ring (bicyclic) bond motifs is 1. The number of rotatable bonds is 7. The summed E-state index contributed by atoms with van der Waals surface area (Å²) >= 11 is 0. The number of ether oxygens (including phenoxy) is 2. The predicted molar refractivity (Wildman–Crippen MR) is 113 cm³/mol. The fourth-order valence-corrected chi connectivity index (χ4v) is 3.03. The van der Waals surface area contributed by atoms with Gasteiger partial charge in [-0.05, 0) is 47.9 Å². The molecule has 0 radical (unpaired) electrons. The second-order valence-electron chi connectivity index (χ2n) is 6.98. The molecule has 150 valence electrons. The summed E-state index contributed by atoms with van der Waals surface area (Å²) in [5, 5.41) is 4.83. The van der Waals surface area contributed by atoms with Crippen LogP contribution in [0.4, 0.5) is 0 Å². The van der Waals surface area contributed by atoms with Gasteiger partial charge in [0.1, 0.15) is 5.75 Å². The Morgan fingerprint density at radius 2 is 1.62 bits per heavy atom. The van der Waals surface area contributed by atoms with Crippen molar-refractivity contribution in [3.63, 3.8) is 0 Å². The average molecular weight is 391 g/mol. The van der Waals surface area contributed by atoms with Crippen LogP contribution in [0.1, 0.15) is 30.9 Å². The molecule has 0 spiro atoms. The van der Waals surface area contributed by atoms with Crippen LogP contribution in [0.2, 0.25) is 0 Å². The Bertz CT molecular complexity index is 1000. The molecule has 0 unspecified atom stereocenters. The van der Waals surface area contributed by atoms with Crippen molar-refractivity contribution in [2.75, 3.05) is 7.11 Å². The van der Waals surface area contributed by atoms with Crippen molar-refractivity contribution in [2.24, 2.45) is 0 Å². The molecule has 0 aliphatic carbocycles. The Kier molecular flexibility index (Phi) is 6.50. The Labute approximate surface area is 170 Å². The molecule has 3 aromatic rings. The zero-order valence-corrected chi connectivity index (χ0v) is 16.8. The Hall–Kier alpha value is -3.34. The largest absolute Gasteiger partial charge is 0.497 e. The molecule has 3 rings (SSSR count). The molecule has 0 heterocycles. The topological polar surface area (TPSA) is 64.6 Å². The first-order valence-corrected chi connectivity index (χ1v) is 9.58. The van der Waals surface area contributed by atoms with Crippen LogP contribution < -0.4 is 10.1 Å². The summed E-state index contributed by atoms with van der Waals surface area (Å²) < 4.78 is 10.6. The van der Waals surface area contributed by atoms with E-state index in [-0.39, 0.29) is 5.91 Å². The van der Waals surface area contributed by atoms with E-state index in [4.69, 9.17) is 9.47 Å². The number of methoxy groups -OCH3 is 1. The summed E-state index contributed by atoms with van der Waals surface area (Å²) in [4.78, 5) is 24.8. The quantitative estimate of drug-likeness (QED) is 0.613. The van der Waals surface area contributed by atoms with Crippen LogP contribution in [0.3, 0.4) is 0 Å². The lowest BCUT2D eigenvalue weighted by Crippen LogP contribution is -2.36. The van der Waals surface area contributed by atoms with Crippen LogP contribution in [-0.4, -0.2) is 25.1 Å². The molecule has 0 saturated carbocycles. The van der Waals surface area contributed by atoms with E-state index in [0.717, 1.165) is 27.6 Å². The zero-order valence-electron chi connectivity index (χ0n) is 16.8. The zero-order chi connectivity index (χ0) is 20.8. The van der Waals surface area contributed by atoms with Gasteiger partial charge in [0.15, 0.2) is 6.10 Å². The smallest absolute Gasteiger partial charge is 0.313 e. The van der Waals surface area contributed by atoms with E-state index in [2.05, 4.69) is 5.32 Å². The second-order valence-corrected chi connectivity index (χ2v) is 6.98. The van der Waals surface area contributed by atoms with E-state index in [0.29, 0.717) is 6.54 Å². The van der Waals surface area contributed by atoms with E-state index in [9.17, 15) is 9.59 Å². The summed E-state index contributed by atoms with van der Waals surface area (Å²) in [5.74, 6) is -0.445. The summed E-state index contributed by atoms with van der Waals surface area (Å²) in [6.45, 7) is 3.75. The van der Waals surface area contributed by atoms with E-state index in [1.165, 1.54) is 0 Å². The highest BCUT2D eigenvalue weighted by Crippen LogP contribution is 2.26. The number of carbonyl (C=O) groups excluding carboxylic acids is 2. The lowest BCUT2D eigenvalue weighted by molar-refractivity contribution is -0.156. The molecular weight excluding hydrogens is 366 g/mol. The van der Waals surface area contributed by atoms with Crippen molar-refractivity contribution in [2.45, 2.75) is 32.4 Å². The molecular formula is C24H25NO4. The average Bonchev–Trinajstić information content (AvgIpc) is 2.76. The van der Waals surface area contributed by atoms with Gasteiger partial charge in [-0.1, -0.05) is 54.6 Å². The third-order valence-electron chi connectivity index (χ3n) is 4.90. The predicted octanol–water partition coefficient (Wildman–Crippen LogP) is 4.20. The highest BCUT2D eigenvalue weighted by Gasteiger charge is 2.23. The Morgan fingerprint density at radius 3 is 2.34 bits per heavy atom. The molecule has 0 aliphatic rings. The molecule has 1 N–H and O–H groups in total. The molecule has 3 aromatic carbocycles. The summed E-state index contributed by atoms with van der Waals surface area (Å²) in [5.41, 5.74) is 1.82. The number of hydrogen-bond donors (Lipinski definition) is 1. The van der Waals surface area contributed by atoms with Gasteiger partial charge in [-0.2, -0.15) is 0 Å². The van der Waals surface area contributed by atoms with Crippen LogP contribution in [0.15, 0.2) is 66.7 Å². The number of nitrogens with one attached hydrogen (secondary N) is 1. The fourth-order valence-electron chi connectivity index (χ4n) is 3.03. The lowest BCUT2D eigenvalue weighted by Gasteiger charge is -2.17. The van der Waals surface area contributed by atoms with Gasteiger partial charge in [0.2, 0.25) is 0 Å². The first kappa shape index (κ1) is 20.4. The normalized spacial score (nSPS) is 12.8. The van der Waals surface area contributed by atoms with E-state index >= 15 is 0 Å². The van der Waals surface area contributed by atoms with Crippen LogP contribution in [0, 0.1) is 0 Å². The third kappa shape index (κ3) is 5.13. The van der Waals surface area contributed by atoms with Crippen molar-refractivity contribution in [3.8, 4) is 5.75 Å². The molecule has 0 aromatic heterocycles. The molecule has 0 bridgehead atoms. The molecule has 0 saturated heterocycles. The van der Waals surface area contributed by atoms with Crippen molar-refractivity contribution >= 4 is 22.6 Å². The van der Waals surface area contributed by atoms with Crippen molar-refractivity contribution in [1.82, 2.24) is 5.32 Å². The minimum absolute atomic E-state index is 0.319. The van der Waals surface area contributed by atoms with Crippen LogP contribution >= 0.6 is 0 Å². The van der Waals surface area contributed by atoms with Gasteiger partial charge in [0, 0.05) is 6.54 Å².